The van der Waals surface area contributed by atoms with E-state index in [-0.39, 0.29) is 0 Å². The fourth-order valence-corrected chi connectivity index (χ4v) is 4.84. The van der Waals surface area contributed by atoms with Crippen molar-refractivity contribution in [3.05, 3.63) is 11.8 Å². The van der Waals surface area contributed by atoms with Gasteiger partial charge >= 0.3 is 0 Å². The lowest BCUT2D eigenvalue weighted by Gasteiger charge is -2.68. The Bertz CT molecular complexity index is 257. The SMILES string of the molecule is CC1(C)[C]2CCC[C]2C2CC1C2(C)C. The first-order chi connectivity index (χ1) is 6.45. The second-order valence-corrected chi connectivity index (χ2v) is 6.74. The van der Waals surface area contributed by atoms with Crippen molar-refractivity contribution in [3.8, 4) is 0 Å². The minimum atomic E-state index is 0.518. The Morgan fingerprint density at radius 2 is 1.79 bits per heavy atom. The molecule has 0 aromatic heterocycles. The molecule has 0 heteroatoms. The minimum absolute atomic E-state index is 0.518. The van der Waals surface area contributed by atoms with Gasteiger partial charge in [0.2, 0.25) is 0 Å². The summed E-state index contributed by atoms with van der Waals surface area (Å²) in [5, 5.41) is 0. The van der Waals surface area contributed by atoms with Crippen molar-refractivity contribution in [1.82, 2.24) is 0 Å². The molecule has 4 aliphatic carbocycles. The van der Waals surface area contributed by atoms with E-state index >= 15 is 0 Å². The van der Waals surface area contributed by atoms with Gasteiger partial charge in [-0.3, -0.25) is 0 Å². The smallest absolute Gasteiger partial charge is 0.0111 e. The number of hydrogen-bond acceptors (Lipinski definition) is 0. The Labute approximate surface area is 88.5 Å². The van der Waals surface area contributed by atoms with Crippen molar-refractivity contribution in [2.45, 2.75) is 53.4 Å². The fourth-order valence-electron chi connectivity index (χ4n) is 4.84. The van der Waals surface area contributed by atoms with E-state index in [0.717, 1.165) is 11.8 Å². The lowest BCUT2D eigenvalue weighted by atomic mass is 9.36. The van der Waals surface area contributed by atoms with Gasteiger partial charge in [0.25, 0.3) is 0 Å². The maximum absolute atomic E-state index is 2.50. The standard InChI is InChI=1S/C14H22/c1-13(2)10-7-5-6-9(10)11-8-12(13)14(11,3)4/h11-12H,5-8H2,1-4H3. The minimum Gasteiger partial charge on any atom is -0.0593 e. The first kappa shape index (κ1) is 9.24. The highest BCUT2D eigenvalue weighted by Crippen LogP contribution is 2.74. The van der Waals surface area contributed by atoms with Crippen LogP contribution in [0.3, 0.4) is 0 Å². The molecule has 0 N–H and O–H groups in total. The summed E-state index contributed by atoms with van der Waals surface area (Å²) in [4.78, 5) is 0. The van der Waals surface area contributed by atoms with Crippen LogP contribution >= 0.6 is 0 Å². The normalized spacial score (nSPS) is 44.6. The van der Waals surface area contributed by atoms with E-state index in [0.29, 0.717) is 10.8 Å². The zero-order valence-corrected chi connectivity index (χ0v) is 9.98. The summed E-state index contributed by atoms with van der Waals surface area (Å²) in [6.45, 7) is 9.98. The van der Waals surface area contributed by atoms with Gasteiger partial charge in [-0.1, -0.05) is 34.1 Å². The molecule has 0 spiro atoms. The Morgan fingerprint density at radius 1 is 1.07 bits per heavy atom. The molecular formula is C14H22. The Hall–Kier alpha value is 0. The van der Waals surface area contributed by atoms with Crippen LogP contribution in [0.5, 0.6) is 0 Å². The summed E-state index contributed by atoms with van der Waals surface area (Å²) < 4.78 is 0. The number of rotatable bonds is 0. The predicted molar refractivity (Wildman–Crippen MR) is 59.5 cm³/mol. The highest BCUT2D eigenvalue weighted by molar-refractivity contribution is 5.39. The van der Waals surface area contributed by atoms with Gasteiger partial charge in [0.15, 0.2) is 0 Å². The van der Waals surface area contributed by atoms with Gasteiger partial charge in [-0.15, -0.1) is 0 Å². The fraction of sp³-hybridized carbons (Fsp3) is 0.857. The summed E-state index contributed by atoms with van der Waals surface area (Å²) in [6, 6.07) is 0. The lowest BCUT2D eigenvalue weighted by molar-refractivity contribution is -0.110. The van der Waals surface area contributed by atoms with Gasteiger partial charge in [-0.25, -0.2) is 0 Å². The van der Waals surface area contributed by atoms with Gasteiger partial charge in [-0.05, 0) is 53.8 Å². The maximum Gasteiger partial charge on any atom is -0.0111 e. The predicted octanol–water partition coefficient (Wildman–Crippen LogP) is 4.02. The largest absolute Gasteiger partial charge is 0.0593 e. The molecule has 0 aromatic rings. The first-order valence-corrected chi connectivity index (χ1v) is 6.18. The Balaban J connectivity index is 2.00. The molecule has 0 aliphatic heterocycles. The van der Waals surface area contributed by atoms with Gasteiger partial charge in [-0.2, -0.15) is 0 Å². The molecule has 0 saturated heterocycles. The summed E-state index contributed by atoms with van der Waals surface area (Å²) >= 11 is 0. The molecular weight excluding hydrogens is 168 g/mol. The van der Waals surface area contributed by atoms with Crippen LogP contribution in [0.15, 0.2) is 0 Å². The van der Waals surface area contributed by atoms with E-state index in [1.165, 1.54) is 25.7 Å². The van der Waals surface area contributed by atoms with E-state index in [1.807, 2.05) is 11.8 Å². The second kappa shape index (κ2) is 2.39. The van der Waals surface area contributed by atoms with Crippen molar-refractivity contribution in [3.63, 3.8) is 0 Å². The third-order valence-corrected chi connectivity index (χ3v) is 5.60. The van der Waals surface area contributed by atoms with Crippen LogP contribution in [0.2, 0.25) is 0 Å². The molecule has 0 heterocycles. The number of hydrogen-bond donors (Lipinski definition) is 0. The van der Waals surface area contributed by atoms with Crippen molar-refractivity contribution in [2.24, 2.45) is 22.7 Å². The second-order valence-electron chi connectivity index (χ2n) is 6.74. The molecule has 4 rings (SSSR count). The average molecular weight is 190 g/mol. The van der Waals surface area contributed by atoms with Gasteiger partial charge in [0.05, 0.1) is 0 Å². The van der Waals surface area contributed by atoms with E-state index in [9.17, 15) is 0 Å². The Morgan fingerprint density at radius 3 is 2.43 bits per heavy atom. The molecule has 4 aliphatic rings. The molecule has 2 bridgehead atoms. The molecule has 4 saturated carbocycles. The average Bonchev–Trinajstić information content (AvgIpc) is 2.50. The molecule has 78 valence electrons. The summed E-state index contributed by atoms with van der Waals surface area (Å²) in [6.07, 6.45) is 5.75. The molecule has 2 atom stereocenters. The van der Waals surface area contributed by atoms with Gasteiger partial charge in [0.1, 0.15) is 0 Å². The van der Waals surface area contributed by atoms with Crippen molar-refractivity contribution < 1.29 is 0 Å². The first-order valence-electron chi connectivity index (χ1n) is 6.18. The van der Waals surface area contributed by atoms with Gasteiger partial charge < -0.3 is 0 Å². The highest BCUT2D eigenvalue weighted by Gasteiger charge is 2.66. The van der Waals surface area contributed by atoms with E-state index in [1.54, 1.807) is 0 Å². The highest BCUT2D eigenvalue weighted by atomic mass is 14.7. The maximum atomic E-state index is 2.50. The van der Waals surface area contributed by atoms with Crippen LogP contribution in [-0.4, -0.2) is 0 Å². The molecule has 0 nitrogen and oxygen atoms in total. The molecule has 2 unspecified atom stereocenters. The van der Waals surface area contributed by atoms with E-state index in [4.69, 9.17) is 0 Å². The topological polar surface area (TPSA) is 0 Å². The zero-order valence-electron chi connectivity index (χ0n) is 9.98. The third-order valence-electron chi connectivity index (χ3n) is 5.60. The molecule has 0 aromatic carbocycles. The van der Waals surface area contributed by atoms with E-state index in [2.05, 4.69) is 27.7 Å². The van der Waals surface area contributed by atoms with Crippen LogP contribution in [0.4, 0.5) is 0 Å². The van der Waals surface area contributed by atoms with Crippen LogP contribution in [0, 0.1) is 34.5 Å². The van der Waals surface area contributed by atoms with Crippen LogP contribution in [-0.2, 0) is 0 Å². The quantitative estimate of drug-likeness (QED) is 0.541. The molecule has 0 amide bonds. The van der Waals surface area contributed by atoms with Crippen molar-refractivity contribution in [2.75, 3.05) is 0 Å². The molecule has 2 radical (unpaired) electrons. The van der Waals surface area contributed by atoms with Gasteiger partial charge in [0, 0.05) is 0 Å². The Kier molecular flexibility index (Phi) is 1.58. The monoisotopic (exact) mass is 190 g/mol. The zero-order chi connectivity index (χ0) is 10.1. The summed E-state index contributed by atoms with van der Waals surface area (Å²) in [5.41, 5.74) is 1.12. The van der Waals surface area contributed by atoms with E-state index < -0.39 is 0 Å². The van der Waals surface area contributed by atoms with Crippen molar-refractivity contribution in [1.29, 1.82) is 0 Å². The molecule has 4 fully saturated rings. The van der Waals surface area contributed by atoms with Crippen molar-refractivity contribution >= 4 is 0 Å². The summed E-state index contributed by atoms with van der Waals surface area (Å²) in [5.74, 6) is 5.65. The van der Waals surface area contributed by atoms with Crippen LogP contribution < -0.4 is 0 Å². The third kappa shape index (κ3) is 0.823. The lowest BCUT2D eigenvalue weighted by Crippen LogP contribution is -2.61. The summed E-state index contributed by atoms with van der Waals surface area (Å²) in [7, 11) is 0. The van der Waals surface area contributed by atoms with Crippen LogP contribution in [0.25, 0.3) is 0 Å². The molecule has 14 heavy (non-hydrogen) atoms. The van der Waals surface area contributed by atoms with Crippen LogP contribution in [0.1, 0.15) is 53.4 Å².